The Bertz CT molecular complexity index is 437. The Kier molecular flexibility index (Phi) is 4.47. The van der Waals surface area contributed by atoms with Gasteiger partial charge in [0.2, 0.25) is 0 Å². The van der Waals surface area contributed by atoms with Gasteiger partial charge in [-0.05, 0) is 17.0 Å². The van der Waals surface area contributed by atoms with Crippen molar-refractivity contribution in [3.8, 4) is 16.5 Å². The minimum absolute atomic E-state index is 0.406. The molecule has 0 fully saturated rings. The summed E-state index contributed by atoms with van der Waals surface area (Å²) in [6.07, 6.45) is 0. The molecule has 1 N–H and O–H groups in total. The van der Waals surface area contributed by atoms with Crippen molar-refractivity contribution in [3.63, 3.8) is 0 Å². The van der Waals surface area contributed by atoms with E-state index in [1.54, 1.807) is 18.2 Å². The highest BCUT2D eigenvalue weighted by Gasteiger charge is 2.03. The molecule has 1 rings (SSSR count). The van der Waals surface area contributed by atoms with E-state index in [0.717, 1.165) is 0 Å². The molecule has 0 atom stereocenters. The zero-order chi connectivity index (χ0) is 11.3. The Balaban J connectivity index is 2.86. The first-order valence-corrected chi connectivity index (χ1v) is 5.10. The van der Waals surface area contributed by atoms with Gasteiger partial charge in [-0.2, -0.15) is 0 Å². The molecule has 0 aromatic heterocycles. The molecule has 0 radical (unpaired) electrons. The number of anilines is 1. The van der Waals surface area contributed by atoms with Gasteiger partial charge in [0.1, 0.15) is 5.75 Å². The van der Waals surface area contributed by atoms with Crippen LogP contribution in [0.15, 0.2) is 18.2 Å². The van der Waals surface area contributed by atoms with E-state index < -0.39 is 5.91 Å². The summed E-state index contributed by atoms with van der Waals surface area (Å²) in [5, 5.41) is 3.05. The predicted molar refractivity (Wildman–Crippen MR) is 63.3 cm³/mol. The fourth-order valence-corrected chi connectivity index (χ4v) is 1.32. The number of rotatable bonds is 2. The Morgan fingerprint density at radius 3 is 2.93 bits per heavy atom. The van der Waals surface area contributed by atoms with Gasteiger partial charge in [-0.3, -0.25) is 4.79 Å². The molecule has 0 heterocycles. The number of amides is 1. The van der Waals surface area contributed by atoms with Crippen LogP contribution >= 0.6 is 27.5 Å². The molecule has 0 bridgehead atoms. The molecule has 3 nitrogen and oxygen atoms in total. The molecule has 1 aromatic rings. The second-order valence-electron chi connectivity index (χ2n) is 2.52. The van der Waals surface area contributed by atoms with E-state index in [-0.39, 0.29) is 0 Å². The second kappa shape index (κ2) is 5.64. The van der Waals surface area contributed by atoms with Gasteiger partial charge in [-0.15, -0.1) is 0 Å². The van der Waals surface area contributed by atoms with Crippen LogP contribution in [0.1, 0.15) is 0 Å². The summed E-state index contributed by atoms with van der Waals surface area (Å²) in [7, 11) is 1.51. The first-order valence-electron chi connectivity index (χ1n) is 3.93. The van der Waals surface area contributed by atoms with Crippen molar-refractivity contribution in [2.75, 3.05) is 12.4 Å². The number of methoxy groups -OCH3 is 1. The lowest BCUT2D eigenvalue weighted by atomic mass is 10.3. The van der Waals surface area contributed by atoms with Crippen LogP contribution in [-0.2, 0) is 4.79 Å². The summed E-state index contributed by atoms with van der Waals surface area (Å²) < 4.78 is 5.00. The third-order valence-corrected chi connectivity index (χ3v) is 2.08. The van der Waals surface area contributed by atoms with E-state index in [1.165, 1.54) is 7.11 Å². The third kappa shape index (κ3) is 3.46. The Morgan fingerprint density at radius 2 is 2.33 bits per heavy atom. The van der Waals surface area contributed by atoms with Crippen molar-refractivity contribution in [1.82, 2.24) is 0 Å². The summed E-state index contributed by atoms with van der Waals surface area (Å²) in [5.74, 6) is 2.38. The highest BCUT2D eigenvalue weighted by atomic mass is 79.9. The molecule has 1 amide bonds. The van der Waals surface area contributed by atoms with Crippen LogP contribution in [-0.4, -0.2) is 13.0 Å². The second-order valence-corrected chi connectivity index (χ2v) is 3.33. The molecule has 0 saturated heterocycles. The highest BCUT2D eigenvalue weighted by Crippen LogP contribution is 2.27. The lowest BCUT2D eigenvalue weighted by Gasteiger charge is -2.05. The van der Waals surface area contributed by atoms with E-state index in [9.17, 15) is 4.79 Å². The number of nitrogens with one attached hydrogen (secondary N) is 1. The number of hydrogen-bond acceptors (Lipinski definition) is 2. The largest absolute Gasteiger partial charge is 0.495 e. The molecule has 0 aliphatic rings. The molecule has 0 spiro atoms. The quantitative estimate of drug-likeness (QED) is 0.850. The standard InChI is InChI=1S/C10H7BrClNO2/c1-15-9-6-7(2-3-8(9)12)13-10(14)4-5-11/h2-3,6H,1H3,(H,13,14). The van der Waals surface area contributed by atoms with Crippen molar-refractivity contribution in [2.45, 2.75) is 0 Å². The minimum Gasteiger partial charge on any atom is -0.495 e. The summed E-state index contributed by atoms with van der Waals surface area (Å²) in [6.45, 7) is 0. The molecule has 0 saturated carbocycles. The topological polar surface area (TPSA) is 38.3 Å². The van der Waals surface area contributed by atoms with Crippen LogP contribution < -0.4 is 10.1 Å². The van der Waals surface area contributed by atoms with Gasteiger partial charge in [0.25, 0.3) is 0 Å². The number of carbonyl (C=O) groups excluding carboxylic acids is 1. The van der Waals surface area contributed by atoms with E-state index in [2.05, 4.69) is 32.0 Å². The molecule has 0 unspecified atom stereocenters. The van der Waals surface area contributed by atoms with Crippen LogP contribution in [0.5, 0.6) is 5.75 Å². The summed E-state index contributed by atoms with van der Waals surface area (Å²) in [4.78, 5) is 13.4. The zero-order valence-electron chi connectivity index (χ0n) is 7.80. The lowest BCUT2D eigenvalue weighted by Crippen LogP contribution is -2.08. The van der Waals surface area contributed by atoms with Crippen LogP contribution in [0, 0.1) is 10.8 Å². The average molecular weight is 289 g/mol. The van der Waals surface area contributed by atoms with Gasteiger partial charge in [0.15, 0.2) is 0 Å². The lowest BCUT2D eigenvalue weighted by molar-refractivity contribution is -0.111. The van der Waals surface area contributed by atoms with Crippen LogP contribution in [0.3, 0.4) is 0 Å². The van der Waals surface area contributed by atoms with Gasteiger partial charge >= 0.3 is 5.91 Å². The van der Waals surface area contributed by atoms with Gasteiger partial charge in [-0.1, -0.05) is 11.6 Å². The van der Waals surface area contributed by atoms with Crippen molar-refractivity contribution in [2.24, 2.45) is 0 Å². The molecule has 15 heavy (non-hydrogen) atoms. The summed E-state index contributed by atoms with van der Waals surface area (Å²) in [6, 6.07) is 4.92. The van der Waals surface area contributed by atoms with Crippen molar-refractivity contribution in [1.29, 1.82) is 0 Å². The maximum Gasteiger partial charge on any atom is 0.301 e. The SMILES string of the molecule is COc1cc(NC(=O)C#CBr)ccc1Cl. The molecule has 5 heteroatoms. The fraction of sp³-hybridized carbons (Fsp3) is 0.100. The number of benzene rings is 1. The minimum atomic E-state index is -0.406. The maximum absolute atomic E-state index is 11.1. The van der Waals surface area contributed by atoms with Crippen molar-refractivity contribution < 1.29 is 9.53 Å². The van der Waals surface area contributed by atoms with E-state index in [4.69, 9.17) is 16.3 Å². The van der Waals surface area contributed by atoms with Crippen molar-refractivity contribution >= 4 is 39.1 Å². The van der Waals surface area contributed by atoms with Crippen LogP contribution in [0.25, 0.3) is 0 Å². The highest BCUT2D eigenvalue weighted by molar-refractivity contribution is 9.12. The van der Waals surface area contributed by atoms with Crippen LogP contribution in [0.4, 0.5) is 5.69 Å². The number of halogens is 2. The molecule has 1 aromatic carbocycles. The number of ether oxygens (including phenoxy) is 1. The molecule has 0 aliphatic heterocycles. The smallest absolute Gasteiger partial charge is 0.301 e. The maximum atomic E-state index is 11.1. The fourth-order valence-electron chi connectivity index (χ4n) is 0.943. The van der Waals surface area contributed by atoms with Crippen molar-refractivity contribution in [3.05, 3.63) is 23.2 Å². The molecular formula is C10H7BrClNO2. The summed E-state index contributed by atoms with van der Waals surface area (Å²) in [5.41, 5.74) is 0.580. The first-order chi connectivity index (χ1) is 7.17. The zero-order valence-corrected chi connectivity index (χ0v) is 10.1. The average Bonchev–Trinajstić information content (AvgIpc) is 2.21. The van der Waals surface area contributed by atoms with Gasteiger partial charge in [-0.25, -0.2) is 0 Å². The molecule has 0 aliphatic carbocycles. The third-order valence-electron chi connectivity index (χ3n) is 1.57. The Morgan fingerprint density at radius 1 is 1.60 bits per heavy atom. The monoisotopic (exact) mass is 287 g/mol. The normalized spacial score (nSPS) is 8.73. The predicted octanol–water partition coefficient (Wildman–Crippen LogP) is 2.64. The van der Waals surface area contributed by atoms with Crippen LogP contribution in [0.2, 0.25) is 5.02 Å². The molecular weight excluding hydrogens is 281 g/mol. The van der Waals surface area contributed by atoms with Gasteiger partial charge in [0, 0.05) is 33.6 Å². The number of hydrogen-bond donors (Lipinski definition) is 1. The summed E-state index contributed by atoms with van der Waals surface area (Å²) >= 11 is 8.66. The Hall–Kier alpha value is -1.18. The first kappa shape index (κ1) is 11.9. The van der Waals surface area contributed by atoms with Gasteiger partial charge < -0.3 is 10.1 Å². The van der Waals surface area contributed by atoms with Gasteiger partial charge in [0.05, 0.1) is 12.1 Å². The van der Waals surface area contributed by atoms with E-state index >= 15 is 0 Å². The van der Waals surface area contributed by atoms with E-state index in [1.807, 2.05) is 0 Å². The van der Waals surface area contributed by atoms with E-state index in [0.29, 0.717) is 16.5 Å². The Labute approximate surface area is 101 Å². The molecule has 78 valence electrons. The number of carbonyl (C=O) groups is 1.